The van der Waals surface area contributed by atoms with Crippen LogP contribution in [0.5, 0.6) is 5.75 Å². The molecule has 0 atom stereocenters. The summed E-state index contributed by atoms with van der Waals surface area (Å²) in [5.74, 6) is 0.230. The van der Waals surface area contributed by atoms with E-state index >= 15 is 0 Å². The average Bonchev–Trinajstić information content (AvgIpc) is 2.67. The largest absolute Gasteiger partial charge is 0.497 e. The molecular formula is C19H16N4O4. The molecule has 3 rings (SSSR count). The number of nitro benzene ring substituents is 1. The second-order valence-corrected chi connectivity index (χ2v) is 5.74. The number of methoxy groups -OCH3 is 1. The Labute approximate surface area is 154 Å². The van der Waals surface area contributed by atoms with Crippen molar-refractivity contribution >= 4 is 28.7 Å². The van der Waals surface area contributed by atoms with Gasteiger partial charge in [-0.2, -0.15) is 5.10 Å². The predicted molar refractivity (Wildman–Crippen MR) is 101 cm³/mol. The van der Waals surface area contributed by atoms with Crippen LogP contribution in [0.2, 0.25) is 0 Å². The summed E-state index contributed by atoms with van der Waals surface area (Å²) in [6, 6.07) is 12.8. The van der Waals surface area contributed by atoms with E-state index in [4.69, 9.17) is 4.74 Å². The second-order valence-electron chi connectivity index (χ2n) is 5.74. The van der Waals surface area contributed by atoms with Crippen LogP contribution in [-0.2, 0) is 0 Å². The van der Waals surface area contributed by atoms with Crippen molar-refractivity contribution in [3.05, 3.63) is 75.5 Å². The van der Waals surface area contributed by atoms with Crippen molar-refractivity contribution in [1.29, 1.82) is 0 Å². The molecule has 0 saturated carbocycles. The zero-order valence-corrected chi connectivity index (χ0v) is 14.7. The Kier molecular flexibility index (Phi) is 5.07. The molecule has 1 heterocycles. The number of carbonyl (C=O) groups excluding carboxylic acids is 1. The summed E-state index contributed by atoms with van der Waals surface area (Å²) >= 11 is 0. The average molecular weight is 364 g/mol. The van der Waals surface area contributed by atoms with Crippen molar-refractivity contribution in [1.82, 2.24) is 10.4 Å². The van der Waals surface area contributed by atoms with Crippen LogP contribution in [0.15, 0.2) is 53.6 Å². The Morgan fingerprint density at radius 2 is 1.96 bits per heavy atom. The Hall–Kier alpha value is -3.81. The van der Waals surface area contributed by atoms with Gasteiger partial charge in [0.25, 0.3) is 11.6 Å². The Morgan fingerprint density at radius 1 is 1.22 bits per heavy atom. The van der Waals surface area contributed by atoms with Crippen LogP contribution in [0.25, 0.3) is 10.9 Å². The predicted octanol–water partition coefficient (Wildman–Crippen LogP) is 3.22. The van der Waals surface area contributed by atoms with E-state index < -0.39 is 10.8 Å². The number of nitrogens with one attached hydrogen (secondary N) is 1. The second kappa shape index (κ2) is 7.61. The fourth-order valence-electron chi connectivity index (χ4n) is 2.56. The number of ether oxygens (including phenoxy) is 1. The van der Waals surface area contributed by atoms with Gasteiger partial charge >= 0.3 is 0 Å². The number of pyridine rings is 1. The van der Waals surface area contributed by atoms with E-state index in [0.29, 0.717) is 33.5 Å². The summed E-state index contributed by atoms with van der Waals surface area (Å²) in [6.07, 6.45) is 1.42. The van der Waals surface area contributed by atoms with Crippen molar-refractivity contribution in [2.24, 2.45) is 5.10 Å². The van der Waals surface area contributed by atoms with Gasteiger partial charge in [-0.3, -0.25) is 19.9 Å². The standard InChI is InChI=1S/C19H16N4O4/c1-12-9-17(16-10-15(27-2)7-8-18(16)21-12)19(24)22-20-11-13-3-5-14(6-4-13)23(25)26/h3-11H,1-2H3,(H,22,24). The number of hydrogen-bond donors (Lipinski definition) is 1. The number of nitrogens with zero attached hydrogens (tertiary/aromatic N) is 3. The van der Waals surface area contributed by atoms with Crippen LogP contribution < -0.4 is 10.2 Å². The van der Waals surface area contributed by atoms with Gasteiger partial charge in [0, 0.05) is 23.2 Å². The van der Waals surface area contributed by atoms with Crippen LogP contribution in [-0.4, -0.2) is 29.1 Å². The monoisotopic (exact) mass is 364 g/mol. The maximum atomic E-state index is 12.6. The molecule has 136 valence electrons. The van der Waals surface area contributed by atoms with Gasteiger partial charge in [-0.05, 0) is 48.9 Å². The summed E-state index contributed by atoms with van der Waals surface area (Å²) in [4.78, 5) is 27.2. The van der Waals surface area contributed by atoms with Crippen molar-refractivity contribution in [2.75, 3.05) is 7.11 Å². The van der Waals surface area contributed by atoms with Crippen LogP contribution in [0, 0.1) is 17.0 Å². The smallest absolute Gasteiger partial charge is 0.272 e. The molecule has 3 aromatic rings. The number of aryl methyl sites for hydroxylation is 1. The molecule has 0 spiro atoms. The van der Waals surface area contributed by atoms with E-state index in [-0.39, 0.29) is 5.69 Å². The lowest BCUT2D eigenvalue weighted by Crippen LogP contribution is -2.18. The highest BCUT2D eigenvalue weighted by molar-refractivity contribution is 6.06. The van der Waals surface area contributed by atoms with Crippen molar-refractivity contribution in [3.63, 3.8) is 0 Å². The lowest BCUT2D eigenvalue weighted by atomic mass is 10.1. The first-order chi connectivity index (χ1) is 13.0. The van der Waals surface area contributed by atoms with E-state index in [1.165, 1.54) is 18.3 Å². The number of hydrazone groups is 1. The van der Waals surface area contributed by atoms with Crippen molar-refractivity contribution in [2.45, 2.75) is 6.92 Å². The summed E-state index contributed by atoms with van der Waals surface area (Å²) in [5, 5.41) is 15.2. The molecule has 0 aliphatic heterocycles. The Balaban J connectivity index is 1.82. The highest BCUT2D eigenvalue weighted by Gasteiger charge is 2.12. The number of carbonyl (C=O) groups is 1. The highest BCUT2D eigenvalue weighted by Crippen LogP contribution is 2.23. The van der Waals surface area contributed by atoms with Gasteiger partial charge in [0.2, 0.25) is 0 Å². The first kappa shape index (κ1) is 18.0. The normalized spacial score (nSPS) is 10.9. The van der Waals surface area contributed by atoms with Gasteiger partial charge in [0.05, 0.1) is 29.3 Å². The third kappa shape index (κ3) is 4.06. The molecule has 27 heavy (non-hydrogen) atoms. The van der Waals surface area contributed by atoms with Gasteiger partial charge in [-0.15, -0.1) is 0 Å². The Morgan fingerprint density at radius 3 is 2.63 bits per heavy atom. The topological polar surface area (TPSA) is 107 Å². The minimum atomic E-state index is -0.478. The molecular weight excluding hydrogens is 348 g/mol. The van der Waals surface area contributed by atoms with E-state index in [1.54, 1.807) is 50.4 Å². The van der Waals surface area contributed by atoms with E-state index in [0.717, 1.165) is 0 Å². The van der Waals surface area contributed by atoms with Crippen molar-refractivity contribution in [3.8, 4) is 5.75 Å². The minimum Gasteiger partial charge on any atom is -0.497 e. The van der Waals surface area contributed by atoms with E-state index in [1.807, 2.05) is 0 Å². The van der Waals surface area contributed by atoms with Gasteiger partial charge in [-0.25, -0.2) is 5.43 Å². The summed E-state index contributed by atoms with van der Waals surface area (Å²) < 4.78 is 5.22. The zero-order chi connectivity index (χ0) is 19.4. The highest BCUT2D eigenvalue weighted by atomic mass is 16.6. The van der Waals surface area contributed by atoms with E-state index in [9.17, 15) is 14.9 Å². The van der Waals surface area contributed by atoms with Gasteiger partial charge in [-0.1, -0.05) is 0 Å². The first-order valence-corrected chi connectivity index (χ1v) is 8.01. The molecule has 8 nitrogen and oxygen atoms in total. The molecule has 1 N–H and O–H groups in total. The summed E-state index contributed by atoms with van der Waals surface area (Å²) in [6.45, 7) is 1.81. The number of rotatable bonds is 5. The van der Waals surface area contributed by atoms with Gasteiger partial charge < -0.3 is 4.74 Å². The molecule has 0 unspecified atom stereocenters. The third-order valence-corrected chi connectivity index (χ3v) is 3.87. The van der Waals surface area contributed by atoms with Crippen LogP contribution in [0.3, 0.4) is 0 Å². The molecule has 8 heteroatoms. The zero-order valence-electron chi connectivity index (χ0n) is 14.7. The van der Waals surface area contributed by atoms with Gasteiger partial charge in [0.15, 0.2) is 0 Å². The number of aromatic nitrogens is 1. The number of benzene rings is 2. The third-order valence-electron chi connectivity index (χ3n) is 3.87. The SMILES string of the molecule is COc1ccc2nc(C)cc(C(=O)NN=Cc3ccc([N+](=O)[O-])cc3)c2c1. The summed E-state index contributed by atoms with van der Waals surface area (Å²) in [7, 11) is 1.55. The van der Waals surface area contributed by atoms with Crippen LogP contribution >= 0.6 is 0 Å². The number of non-ortho nitro benzene ring substituents is 1. The van der Waals surface area contributed by atoms with Crippen molar-refractivity contribution < 1.29 is 14.5 Å². The number of hydrogen-bond acceptors (Lipinski definition) is 6. The fourth-order valence-corrected chi connectivity index (χ4v) is 2.56. The number of nitro groups is 1. The van der Waals surface area contributed by atoms with Crippen LogP contribution in [0.1, 0.15) is 21.6 Å². The molecule has 2 aromatic carbocycles. The lowest BCUT2D eigenvalue weighted by molar-refractivity contribution is -0.384. The Bertz CT molecular complexity index is 1050. The van der Waals surface area contributed by atoms with E-state index in [2.05, 4.69) is 15.5 Å². The minimum absolute atomic E-state index is 0.0103. The molecule has 0 bridgehead atoms. The fraction of sp³-hybridized carbons (Fsp3) is 0.105. The molecule has 0 radical (unpaired) electrons. The van der Waals surface area contributed by atoms with Gasteiger partial charge in [0.1, 0.15) is 5.75 Å². The molecule has 0 fully saturated rings. The molecule has 1 amide bonds. The number of amides is 1. The summed E-state index contributed by atoms with van der Waals surface area (Å²) in [5.41, 5.74) is 4.90. The first-order valence-electron chi connectivity index (χ1n) is 8.01. The molecule has 0 saturated heterocycles. The maximum absolute atomic E-state index is 12.6. The molecule has 0 aliphatic carbocycles. The molecule has 0 aliphatic rings. The van der Waals surface area contributed by atoms with Crippen LogP contribution in [0.4, 0.5) is 5.69 Å². The molecule has 1 aromatic heterocycles. The number of fused-ring (bicyclic) bond motifs is 1. The maximum Gasteiger partial charge on any atom is 0.272 e. The quantitative estimate of drug-likeness (QED) is 0.425. The lowest BCUT2D eigenvalue weighted by Gasteiger charge is -2.08.